The van der Waals surface area contributed by atoms with Crippen LogP contribution in [0.1, 0.15) is 63.1 Å². The van der Waals surface area contributed by atoms with Crippen LogP contribution in [-0.2, 0) is 11.3 Å². The molecule has 2 N–H and O–H groups in total. The summed E-state index contributed by atoms with van der Waals surface area (Å²) in [6.45, 7) is 15.9. The zero-order valence-corrected chi connectivity index (χ0v) is 21.0. The molecule has 180 valence electrons. The van der Waals surface area contributed by atoms with Gasteiger partial charge < -0.3 is 20.3 Å². The molecule has 2 saturated heterocycles. The van der Waals surface area contributed by atoms with E-state index < -0.39 is 0 Å². The first-order valence-electron chi connectivity index (χ1n) is 12.5. The molecule has 6 nitrogen and oxygen atoms in total. The lowest BCUT2D eigenvalue weighted by Gasteiger charge is -2.39. The molecule has 2 aliphatic heterocycles. The fourth-order valence-corrected chi connectivity index (χ4v) is 5.36. The highest BCUT2D eigenvalue weighted by Crippen LogP contribution is 2.28. The van der Waals surface area contributed by atoms with Crippen LogP contribution in [0.4, 0.5) is 0 Å². The number of nitrogens with one attached hydrogen (secondary N) is 2. The molecule has 0 aromatic heterocycles. The maximum Gasteiger partial charge on any atom is 0.237 e. The van der Waals surface area contributed by atoms with Crippen LogP contribution in [0, 0.1) is 13.8 Å². The minimum atomic E-state index is -0.0312. The van der Waals surface area contributed by atoms with E-state index in [1.54, 1.807) is 7.11 Å². The summed E-state index contributed by atoms with van der Waals surface area (Å²) in [4.78, 5) is 18.1. The Hall–Kier alpha value is -1.63. The second-order valence-corrected chi connectivity index (χ2v) is 9.94. The highest BCUT2D eigenvalue weighted by molar-refractivity contribution is 5.82. The highest BCUT2D eigenvalue weighted by atomic mass is 16.5. The van der Waals surface area contributed by atoms with Gasteiger partial charge in [0.1, 0.15) is 5.75 Å². The fraction of sp³-hybridized carbons (Fsp3) is 0.731. The van der Waals surface area contributed by atoms with Crippen molar-refractivity contribution in [2.45, 2.75) is 91.0 Å². The van der Waals surface area contributed by atoms with Gasteiger partial charge >= 0.3 is 0 Å². The van der Waals surface area contributed by atoms with Gasteiger partial charge in [0.25, 0.3) is 0 Å². The maximum absolute atomic E-state index is 13.1. The minimum absolute atomic E-state index is 0.0312. The number of piperidine rings is 1. The van der Waals surface area contributed by atoms with Crippen molar-refractivity contribution in [1.29, 1.82) is 0 Å². The molecule has 0 aliphatic carbocycles. The molecular formula is C26H44N4O2. The van der Waals surface area contributed by atoms with Gasteiger partial charge in [-0.1, -0.05) is 13.0 Å². The van der Waals surface area contributed by atoms with Gasteiger partial charge in [0.2, 0.25) is 5.91 Å². The molecule has 2 aliphatic rings. The quantitative estimate of drug-likeness (QED) is 0.612. The monoisotopic (exact) mass is 444 g/mol. The van der Waals surface area contributed by atoms with Gasteiger partial charge in [-0.15, -0.1) is 0 Å². The Kier molecular flexibility index (Phi) is 8.97. The third-order valence-electron chi connectivity index (χ3n) is 7.29. The fourth-order valence-electron chi connectivity index (χ4n) is 5.36. The normalized spacial score (nSPS) is 23.1. The number of hydrogen-bond acceptors (Lipinski definition) is 5. The van der Waals surface area contributed by atoms with E-state index in [1.165, 1.54) is 29.7 Å². The number of ether oxygens (including phenoxy) is 1. The van der Waals surface area contributed by atoms with Crippen molar-refractivity contribution >= 4 is 5.91 Å². The molecule has 3 rings (SSSR count). The van der Waals surface area contributed by atoms with Gasteiger partial charge in [-0.25, -0.2) is 0 Å². The van der Waals surface area contributed by atoms with Gasteiger partial charge in [-0.3, -0.25) is 9.69 Å². The van der Waals surface area contributed by atoms with Gasteiger partial charge in [0, 0.05) is 31.2 Å². The summed E-state index contributed by atoms with van der Waals surface area (Å²) in [6.07, 6.45) is 4.41. The number of hydrogen-bond donors (Lipinski definition) is 2. The standard InChI is InChI=1S/C26H44N4O2/c1-7-12-29-13-10-23(11-14-29)30-17-22(15-24(30)26(31)28-18(2)3)27-16-21-8-9-25(32-6)20(5)19(21)4/h8-9,18,22-24,27H,7,10-17H2,1-6H3,(H,28,31)/t22-,24+/m1/s1. The van der Waals surface area contributed by atoms with Gasteiger partial charge in [-0.05, 0) is 95.8 Å². The van der Waals surface area contributed by atoms with E-state index in [-0.39, 0.29) is 18.0 Å². The average molecular weight is 445 g/mol. The number of rotatable bonds is 9. The van der Waals surface area contributed by atoms with E-state index in [2.05, 4.69) is 53.3 Å². The molecule has 1 aromatic carbocycles. The van der Waals surface area contributed by atoms with Crippen LogP contribution >= 0.6 is 0 Å². The number of carbonyl (C=O) groups excluding carboxylic acids is 1. The van der Waals surface area contributed by atoms with Crippen molar-refractivity contribution in [3.63, 3.8) is 0 Å². The molecule has 32 heavy (non-hydrogen) atoms. The highest BCUT2D eigenvalue weighted by Gasteiger charge is 2.41. The largest absolute Gasteiger partial charge is 0.496 e. The van der Waals surface area contributed by atoms with Crippen LogP contribution in [0.2, 0.25) is 0 Å². The summed E-state index contributed by atoms with van der Waals surface area (Å²) in [7, 11) is 1.72. The number of amides is 1. The van der Waals surface area contributed by atoms with E-state index >= 15 is 0 Å². The van der Waals surface area contributed by atoms with Crippen molar-refractivity contribution in [3.8, 4) is 5.75 Å². The van der Waals surface area contributed by atoms with E-state index in [4.69, 9.17) is 4.74 Å². The first kappa shape index (κ1) is 25.0. The van der Waals surface area contributed by atoms with E-state index in [1.807, 2.05) is 13.8 Å². The summed E-state index contributed by atoms with van der Waals surface area (Å²) < 4.78 is 5.46. The molecule has 1 amide bonds. The van der Waals surface area contributed by atoms with Crippen LogP contribution in [0.25, 0.3) is 0 Å². The van der Waals surface area contributed by atoms with Gasteiger partial charge in [0.05, 0.1) is 13.2 Å². The molecule has 0 bridgehead atoms. The van der Waals surface area contributed by atoms with E-state index in [9.17, 15) is 4.79 Å². The lowest BCUT2D eigenvalue weighted by Crippen LogP contribution is -2.52. The Bertz CT molecular complexity index is 758. The molecule has 0 unspecified atom stereocenters. The van der Waals surface area contributed by atoms with Crippen LogP contribution in [0.3, 0.4) is 0 Å². The first-order chi connectivity index (χ1) is 15.3. The predicted molar refractivity (Wildman–Crippen MR) is 131 cm³/mol. The number of methoxy groups -OCH3 is 1. The second kappa shape index (κ2) is 11.5. The van der Waals surface area contributed by atoms with Crippen molar-refractivity contribution in [3.05, 3.63) is 28.8 Å². The molecular weight excluding hydrogens is 400 g/mol. The Morgan fingerprint density at radius 1 is 1.19 bits per heavy atom. The molecule has 2 atom stereocenters. The van der Waals surface area contributed by atoms with Crippen molar-refractivity contribution < 1.29 is 9.53 Å². The summed E-state index contributed by atoms with van der Waals surface area (Å²) in [5.74, 6) is 1.13. The summed E-state index contributed by atoms with van der Waals surface area (Å²) in [5.41, 5.74) is 3.79. The Morgan fingerprint density at radius 3 is 2.53 bits per heavy atom. The van der Waals surface area contributed by atoms with Crippen LogP contribution in [0.15, 0.2) is 12.1 Å². The summed E-state index contributed by atoms with van der Waals surface area (Å²) in [6, 6.07) is 5.19. The summed E-state index contributed by atoms with van der Waals surface area (Å²) in [5, 5.41) is 6.94. The molecule has 2 heterocycles. The van der Waals surface area contributed by atoms with Gasteiger partial charge in [-0.2, -0.15) is 0 Å². The maximum atomic E-state index is 13.1. The average Bonchev–Trinajstić information content (AvgIpc) is 3.20. The minimum Gasteiger partial charge on any atom is -0.496 e. The van der Waals surface area contributed by atoms with E-state index in [0.717, 1.165) is 51.2 Å². The molecule has 0 radical (unpaired) electrons. The number of carbonyl (C=O) groups is 1. The Morgan fingerprint density at radius 2 is 1.91 bits per heavy atom. The Labute approximate surface area is 195 Å². The lowest BCUT2D eigenvalue weighted by atomic mass is 10.0. The van der Waals surface area contributed by atoms with Crippen molar-refractivity contribution in [2.75, 3.05) is 33.3 Å². The van der Waals surface area contributed by atoms with E-state index in [0.29, 0.717) is 12.1 Å². The zero-order valence-electron chi connectivity index (χ0n) is 21.0. The molecule has 0 saturated carbocycles. The first-order valence-corrected chi connectivity index (χ1v) is 12.5. The third kappa shape index (κ3) is 6.03. The van der Waals surface area contributed by atoms with Crippen LogP contribution in [0.5, 0.6) is 5.75 Å². The van der Waals surface area contributed by atoms with Crippen LogP contribution < -0.4 is 15.4 Å². The number of likely N-dealkylation sites (tertiary alicyclic amines) is 2. The number of benzene rings is 1. The zero-order chi connectivity index (χ0) is 23.3. The molecule has 0 spiro atoms. The summed E-state index contributed by atoms with van der Waals surface area (Å²) >= 11 is 0. The Balaban J connectivity index is 1.65. The molecule has 1 aromatic rings. The molecule has 6 heteroatoms. The second-order valence-electron chi connectivity index (χ2n) is 9.94. The van der Waals surface area contributed by atoms with Crippen molar-refractivity contribution in [1.82, 2.24) is 20.4 Å². The third-order valence-corrected chi connectivity index (χ3v) is 7.29. The van der Waals surface area contributed by atoms with Crippen molar-refractivity contribution in [2.24, 2.45) is 0 Å². The smallest absolute Gasteiger partial charge is 0.237 e. The molecule has 2 fully saturated rings. The lowest BCUT2D eigenvalue weighted by molar-refractivity contribution is -0.127. The van der Waals surface area contributed by atoms with Crippen LogP contribution in [-0.4, -0.2) is 73.2 Å². The number of nitrogens with zero attached hydrogens (tertiary/aromatic N) is 2. The topological polar surface area (TPSA) is 56.8 Å². The SMILES string of the molecule is CCCN1CCC(N2C[C@H](NCc3ccc(OC)c(C)c3C)C[C@H]2C(=O)NC(C)C)CC1. The predicted octanol–water partition coefficient (Wildman–Crippen LogP) is 3.24. The van der Waals surface area contributed by atoms with Gasteiger partial charge in [0.15, 0.2) is 0 Å².